The summed E-state index contributed by atoms with van der Waals surface area (Å²) in [6.07, 6.45) is 0.351. The molecular weight excluding hydrogens is 1410 g/mol. The number of aliphatic hydroxyl groups excluding tert-OH is 1. The number of rotatable bonds is 20. The molecule has 10 rings (SSSR count). The fourth-order valence-corrected chi connectivity index (χ4v) is 14.1. The summed E-state index contributed by atoms with van der Waals surface area (Å²) in [5.41, 5.74) is 6.18. The number of benzene rings is 6. The van der Waals surface area contributed by atoms with E-state index in [2.05, 4.69) is 26.6 Å². The van der Waals surface area contributed by atoms with Gasteiger partial charge in [-0.05, 0) is 186 Å². The number of anilines is 4. The highest BCUT2D eigenvalue weighted by Gasteiger charge is 2.44. The van der Waals surface area contributed by atoms with E-state index < -0.39 is 132 Å². The van der Waals surface area contributed by atoms with Gasteiger partial charge in [-0.25, -0.2) is 18.4 Å². The molecule has 0 aromatic heterocycles. The van der Waals surface area contributed by atoms with E-state index in [1.165, 1.54) is 59.0 Å². The molecule has 2 heterocycles. The summed E-state index contributed by atoms with van der Waals surface area (Å²) in [5.74, 6) is -7.57. The maximum Gasteiger partial charge on any atom is 0.416 e. The van der Waals surface area contributed by atoms with Gasteiger partial charge in [-0.3, -0.25) is 24.0 Å². The van der Waals surface area contributed by atoms with Crippen LogP contribution >= 0.6 is 0 Å². The van der Waals surface area contributed by atoms with Gasteiger partial charge >= 0.3 is 30.4 Å². The third-order valence-corrected chi connectivity index (χ3v) is 19.8. The zero-order valence-electron chi connectivity index (χ0n) is 62.2. The number of nitrogens with two attached hydrogens (primary N) is 1. The van der Waals surface area contributed by atoms with E-state index in [0.717, 1.165) is 74.2 Å². The van der Waals surface area contributed by atoms with Crippen LogP contribution in [-0.4, -0.2) is 105 Å². The van der Waals surface area contributed by atoms with Gasteiger partial charge in [-0.2, -0.15) is 26.3 Å². The van der Waals surface area contributed by atoms with Crippen molar-refractivity contribution in [3.05, 3.63) is 189 Å². The Morgan fingerprint density at radius 2 is 0.944 bits per heavy atom. The number of aryl methyl sites for hydroxylation is 2. The number of piperidine rings is 2. The SMILES string of the molecule is CC(C)[C@H](NC(=O)OC(C)(C)C)C(=O)O.Cc1cccc(F)c1C(=O)N1CCC[C@H](C(=O)Nc2ccc(CO)c(C(F)(F)F)c2)[C@@H]1c1ccc(NC2CCCC2)cc1.Cc1cccc(F)c1C(=O)N1CCC[C@H](C(=O)Nc2ccc(COC(=O)[C@@H](N)C(C)C)c(C(F)(F)F)c2)[C@@H]1c1ccc(NC2CCCC2)cc1. The maximum absolute atomic E-state index is 15.1. The van der Waals surface area contributed by atoms with Gasteiger partial charge in [0.1, 0.15) is 35.9 Å². The summed E-state index contributed by atoms with van der Waals surface area (Å²) in [7, 11) is 0. The van der Waals surface area contributed by atoms with Gasteiger partial charge in [-0.15, -0.1) is 0 Å². The molecule has 19 nitrogen and oxygen atoms in total. The Kier molecular flexibility index (Phi) is 28.8. The van der Waals surface area contributed by atoms with Crippen molar-refractivity contribution < 1.29 is 88.4 Å². The number of hydrogen-bond donors (Lipinski definition) is 8. The summed E-state index contributed by atoms with van der Waals surface area (Å²) in [6, 6.07) is 27.5. The molecule has 27 heteroatoms. The van der Waals surface area contributed by atoms with Crippen molar-refractivity contribution in [2.75, 3.05) is 34.4 Å². The molecule has 2 aliphatic heterocycles. The molecule has 4 aliphatic rings. The van der Waals surface area contributed by atoms with Crippen LogP contribution in [0.4, 0.5) is 62.7 Å². The van der Waals surface area contributed by atoms with Gasteiger partial charge in [0.15, 0.2) is 0 Å². The first-order valence-electron chi connectivity index (χ1n) is 36.6. The number of alkyl carbamates (subject to hydrolysis) is 1. The van der Waals surface area contributed by atoms with Crippen molar-refractivity contribution in [1.82, 2.24) is 15.1 Å². The largest absolute Gasteiger partial charge is 0.480 e. The molecule has 6 atom stereocenters. The first-order valence-corrected chi connectivity index (χ1v) is 36.6. The van der Waals surface area contributed by atoms with Crippen molar-refractivity contribution in [3.63, 3.8) is 0 Å². The number of aliphatic hydroxyl groups is 1. The predicted octanol–water partition coefficient (Wildman–Crippen LogP) is 16.6. The van der Waals surface area contributed by atoms with Gasteiger partial charge < -0.3 is 61.8 Å². The Balaban J connectivity index is 0.000000231. The zero-order valence-corrected chi connectivity index (χ0v) is 62.2. The lowest BCUT2D eigenvalue weighted by Gasteiger charge is -2.41. The van der Waals surface area contributed by atoms with Gasteiger partial charge in [0.05, 0.1) is 52.8 Å². The summed E-state index contributed by atoms with van der Waals surface area (Å²) >= 11 is 0. The van der Waals surface area contributed by atoms with Crippen molar-refractivity contribution >= 4 is 64.4 Å². The van der Waals surface area contributed by atoms with Gasteiger partial charge in [-0.1, -0.05) is 114 Å². The molecule has 2 aliphatic carbocycles. The number of nitrogens with zero attached hydrogens (tertiary/aromatic N) is 2. The lowest BCUT2D eigenvalue weighted by atomic mass is 9.83. The number of alkyl halides is 6. The van der Waals surface area contributed by atoms with E-state index in [-0.39, 0.29) is 58.6 Å². The van der Waals surface area contributed by atoms with Gasteiger partial charge in [0.2, 0.25) is 11.8 Å². The summed E-state index contributed by atoms with van der Waals surface area (Å²) < 4.78 is 123. The Bertz CT molecular complexity index is 4080. The second-order valence-electron chi connectivity index (χ2n) is 29.7. The van der Waals surface area contributed by atoms with Crippen LogP contribution in [0.25, 0.3) is 0 Å². The number of aliphatic carboxylic acids is 1. The number of halogens is 8. The van der Waals surface area contributed by atoms with E-state index in [9.17, 15) is 69.4 Å². The van der Waals surface area contributed by atoms with E-state index in [0.29, 0.717) is 60.0 Å². The third kappa shape index (κ3) is 22.3. The molecule has 0 radical (unpaired) electrons. The maximum atomic E-state index is 15.1. The van der Waals surface area contributed by atoms with Crippen LogP contribution in [0.1, 0.15) is 203 Å². The number of ether oxygens (including phenoxy) is 2. The fourth-order valence-electron chi connectivity index (χ4n) is 14.1. The molecule has 2 saturated heterocycles. The van der Waals surface area contributed by atoms with Crippen molar-refractivity contribution in [2.45, 2.75) is 207 Å². The summed E-state index contributed by atoms with van der Waals surface area (Å²) in [5, 5.41) is 32.8. The highest BCUT2D eigenvalue weighted by atomic mass is 19.4. The molecule has 2 saturated carbocycles. The average Bonchev–Trinajstić information content (AvgIpc) is 1.07. The predicted molar refractivity (Wildman–Crippen MR) is 394 cm³/mol. The number of hydrogen-bond acceptors (Lipinski definition) is 13. The lowest BCUT2D eigenvalue weighted by molar-refractivity contribution is -0.150. The second kappa shape index (κ2) is 37.0. The van der Waals surface area contributed by atoms with Crippen LogP contribution in [0, 0.1) is 49.2 Å². The minimum atomic E-state index is -4.81. The number of nitrogens with one attached hydrogen (secondary N) is 5. The Hall–Kier alpha value is -9.63. The molecule has 584 valence electrons. The normalized spacial score (nSPS) is 18.3. The van der Waals surface area contributed by atoms with Crippen LogP contribution in [0.2, 0.25) is 0 Å². The first-order chi connectivity index (χ1) is 50.9. The highest BCUT2D eigenvalue weighted by Crippen LogP contribution is 2.43. The van der Waals surface area contributed by atoms with Gasteiger partial charge in [0.25, 0.3) is 11.8 Å². The summed E-state index contributed by atoms with van der Waals surface area (Å²) in [4.78, 5) is 92.9. The van der Waals surface area contributed by atoms with Crippen LogP contribution in [0.5, 0.6) is 0 Å². The van der Waals surface area contributed by atoms with Crippen LogP contribution < -0.4 is 32.3 Å². The molecule has 108 heavy (non-hydrogen) atoms. The lowest BCUT2D eigenvalue weighted by Crippen LogP contribution is -2.46. The second-order valence-corrected chi connectivity index (χ2v) is 29.7. The number of carbonyl (C=O) groups excluding carboxylic acids is 6. The van der Waals surface area contributed by atoms with Crippen molar-refractivity contribution in [2.24, 2.45) is 29.4 Å². The van der Waals surface area contributed by atoms with Crippen molar-refractivity contribution in [1.29, 1.82) is 0 Å². The minimum Gasteiger partial charge on any atom is -0.480 e. The number of likely N-dealkylation sites (tertiary alicyclic amines) is 2. The molecular formula is C81H98F8N8O11. The molecule has 0 bridgehead atoms. The van der Waals surface area contributed by atoms with Crippen LogP contribution in [-0.2, 0) is 54.2 Å². The zero-order chi connectivity index (χ0) is 79.1. The smallest absolute Gasteiger partial charge is 0.416 e. The van der Waals surface area contributed by atoms with E-state index in [1.54, 1.807) is 74.4 Å². The quantitative estimate of drug-likeness (QED) is 0.0261. The van der Waals surface area contributed by atoms with E-state index in [1.807, 2.05) is 48.5 Å². The van der Waals surface area contributed by atoms with Crippen molar-refractivity contribution in [3.8, 4) is 0 Å². The van der Waals surface area contributed by atoms with Crippen LogP contribution in [0.15, 0.2) is 121 Å². The number of carboxylic acid groups (broad SMARTS) is 1. The Morgan fingerprint density at radius 3 is 1.31 bits per heavy atom. The molecule has 5 amide bonds. The summed E-state index contributed by atoms with van der Waals surface area (Å²) in [6.45, 7) is 14.4. The number of carbonyl (C=O) groups is 7. The van der Waals surface area contributed by atoms with Gasteiger partial charge in [0, 0.05) is 53.5 Å². The highest BCUT2D eigenvalue weighted by molar-refractivity contribution is 5.99. The topological polar surface area (TPSA) is 271 Å². The number of amides is 5. The molecule has 6 aromatic rings. The standard InChI is InChI=1S/C38H44F4N4O4.C33H35F4N3O3.C10H19NO4/c1-22(2)33(43)37(49)50-21-25-15-18-28(20-30(25)38(40,41)42)45-35(47)29-11-7-19-46(36(48)32-23(3)8-6-12-31(32)39)34(29)24-13-16-27(17-14-24)44-26-9-4-5-10-26;1-20-6-4-10-28(34)29(20)32(43)40-17-5-9-26(30(40)21-11-14-24(15-12-21)38-23-7-2-3-8-23)31(42)39-25-16-13-22(19-41)27(18-25)33(35,36)37;1-6(2)7(8(12)13)11-9(14)15-10(3,4)5/h6,8,12-18,20,22,26,29,33-34,44H,4-5,7,9-11,19,21,43H2,1-3H3,(H,45,47);4,6,10-16,18,23,26,30,38,41H,2-3,5,7-9,17,19H2,1H3,(H,39,42);6-7H,1-5H3,(H,11,14)(H,12,13)/t29-,33-,34-;26-,30-;7-/m000/s1. The number of carboxylic acids is 1. The Labute approximate surface area is 624 Å². The third-order valence-electron chi connectivity index (χ3n) is 19.8. The molecule has 0 unspecified atom stereocenters. The first kappa shape index (κ1) is 84.0. The molecule has 4 fully saturated rings. The van der Waals surface area contributed by atoms with Crippen LogP contribution in [0.3, 0.4) is 0 Å². The Morgan fingerprint density at radius 1 is 0.546 bits per heavy atom. The minimum absolute atomic E-state index is 0.0671. The molecule has 0 spiro atoms. The average molecular weight is 1510 g/mol. The fraction of sp³-hybridized carbons (Fsp3) is 0.469. The van der Waals surface area contributed by atoms with E-state index in [4.69, 9.17) is 20.3 Å². The number of esters is 1. The molecule has 9 N–H and O–H groups in total. The monoisotopic (exact) mass is 1510 g/mol. The molecule has 6 aromatic carbocycles. The van der Waals surface area contributed by atoms with E-state index >= 15 is 4.39 Å².